The van der Waals surface area contributed by atoms with E-state index >= 15 is 0 Å². The van der Waals surface area contributed by atoms with E-state index in [0.717, 1.165) is 0 Å². The largest absolute Gasteiger partial charge is 0.137 e. The van der Waals surface area contributed by atoms with Crippen molar-refractivity contribution in [3.05, 3.63) is 107 Å². The second kappa shape index (κ2) is 5.87. The van der Waals surface area contributed by atoms with Crippen molar-refractivity contribution >= 4 is 45.5 Å². The van der Waals surface area contributed by atoms with Crippen molar-refractivity contribution in [1.82, 2.24) is 0 Å². The molecule has 0 spiro atoms. The SMILES string of the molecule is C1=CC(SC2C=Cc3cccc4cccc2c34)c2cccc3cccc1c23. The number of hydrogen-bond donors (Lipinski definition) is 0. The average Bonchev–Trinajstić information content (AvgIpc) is 2.72. The van der Waals surface area contributed by atoms with Crippen molar-refractivity contribution in [3.63, 3.8) is 0 Å². The molecule has 0 saturated carbocycles. The molecule has 0 bridgehead atoms. The van der Waals surface area contributed by atoms with E-state index in [2.05, 4.69) is 97.1 Å². The molecule has 128 valence electrons. The van der Waals surface area contributed by atoms with Crippen LogP contribution in [0, 0.1) is 0 Å². The quantitative estimate of drug-likeness (QED) is 0.354. The molecular weight excluding hydrogens is 344 g/mol. The van der Waals surface area contributed by atoms with Crippen molar-refractivity contribution < 1.29 is 0 Å². The van der Waals surface area contributed by atoms with Gasteiger partial charge in [0.25, 0.3) is 0 Å². The zero-order chi connectivity index (χ0) is 17.8. The molecule has 0 aromatic heterocycles. The predicted molar refractivity (Wildman–Crippen MR) is 119 cm³/mol. The van der Waals surface area contributed by atoms with Gasteiger partial charge in [0.2, 0.25) is 0 Å². The molecule has 4 aromatic carbocycles. The molecule has 0 heterocycles. The van der Waals surface area contributed by atoms with Crippen molar-refractivity contribution in [2.45, 2.75) is 10.5 Å². The lowest BCUT2D eigenvalue weighted by atomic mass is 9.92. The zero-order valence-electron chi connectivity index (χ0n) is 14.8. The third-order valence-electron chi connectivity index (χ3n) is 5.75. The molecule has 0 saturated heterocycles. The topological polar surface area (TPSA) is 0 Å². The minimum absolute atomic E-state index is 0.374. The highest BCUT2D eigenvalue weighted by Crippen LogP contribution is 2.49. The Morgan fingerprint density at radius 2 is 0.963 bits per heavy atom. The van der Waals surface area contributed by atoms with Crippen LogP contribution in [0.4, 0.5) is 0 Å². The van der Waals surface area contributed by atoms with Crippen LogP contribution < -0.4 is 0 Å². The summed E-state index contributed by atoms with van der Waals surface area (Å²) in [5.74, 6) is 0. The van der Waals surface area contributed by atoms with Gasteiger partial charge >= 0.3 is 0 Å². The summed E-state index contributed by atoms with van der Waals surface area (Å²) in [6, 6.07) is 26.6. The zero-order valence-corrected chi connectivity index (χ0v) is 15.6. The van der Waals surface area contributed by atoms with E-state index in [1.165, 1.54) is 43.8 Å². The van der Waals surface area contributed by atoms with Gasteiger partial charge in [0.05, 0.1) is 0 Å². The normalized spacial score (nSPS) is 19.7. The first-order chi connectivity index (χ1) is 13.4. The third kappa shape index (κ3) is 2.32. The Bertz CT molecular complexity index is 1150. The van der Waals surface area contributed by atoms with E-state index in [0.29, 0.717) is 10.5 Å². The Morgan fingerprint density at radius 3 is 1.44 bits per heavy atom. The van der Waals surface area contributed by atoms with Crippen molar-refractivity contribution in [1.29, 1.82) is 0 Å². The van der Waals surface area contributed by atoms with Crippen LogP contribution in [0.3, 0.4) is 0 Å². The Kier molecular flexibility index (Phi) is 3.33. The molecule has 2 unspecified atom stereocenters. The van der Waals surface area contributed by atoms with Crippen LogP contribution in [0.25, 0.3) is 33.7 Å². The van der Waals surface area contributed by atoms with E-state index < -0.39 is 0 Å². The second-order valence-electron chi connectivity index (χ2n) is 7.28. The lowest BCUT2D eigenvalue weighted by molar-refractivity contribution is 1.18. The van der Waals surface area contributed by atoms with Gasteiger partial charge in [-0.15, -0.1) is 11.8 Å². The van der Waals surface area contributed by atoms with Crippen LogP contribution in [0.15, 0.2) is 84.9 Å². The highest BCUT2D eigenvalue weighted by atomic mass is 32.2. The molecule has 0 nitrogen and oxygen atoms in total. The van der Waals surface area contributed by atoms with Gasteiger partial charge in [-0.2, -0.15) is 0 Å². The Hall–Kier alpha value is -2.77. The number of hydrogen-bond acceptors (Lipinski definition) is 1. The summed E-state index contributed by atoms with van der Waals surface area (Å²) in [4.78, 5) is 0. The average molecular weight is 362 g/mol. The maximum atomic E-state index is 2.37. The summed E-state index contributed by atoms with van der Waals surface area (Å²) >= 11 is 2.04. The minimum atomic E-state index is 0.374. The van der Waals surface area contributed by atoms with Gasteiger partial charge in [0.1, 0.15) is 0 Å². The standard InChI is InChI=1S/C26H18S/c1-5-17-9-3-11-21-23(15-13-19(7-1)25(17)21)27-24-16-14-20-8-2-6-18-10-4-12-22(24)26(18)20/h1-16,23-24H. The molecule has 0 fully saturated rings. The number of thioether (sulfide) groups is 1. The Balaban J connectivity index is 1.45. The second-order valence-corrected chi connectivity index (χ2v) is 8.57. The van der Waals surface area contributed by atoms with E-state index in [-0.39, 0.29) is 0 Å². The maximum Gasteiger partial charge on any atom is 0.0496 e. The molecule has 4 aromatic rings. The molecule has 0 aliphatic heterocycles. The van der Waals surface area contributed by atoms with Gasteiger partial charge in [0, 0.05) is 10.5 Å². The molecule has 27 heavy (non-hydrogen) atoms. The number of rotatable bonds is 2. The molecule has 6 rings (SSSR count). The van der Waals surface area contributed by atoms with Crippen LogP contribution in [0.5, 0.6) is 0 Å². The van der Waals surface area contributed by atoms with Gasteiger partial charge in [0.15, 0.2) is 0 Å². The third-order valence-corrected chi connectivity index (χ3v) is 7.15. The molecule has 1 heteroatoms. The minimum Gasteiger partial charge on any atom is -0.137 e. The molecule has 2 aliphatic rings. The lowest BCUT2D eigenvalue weighted by Crippen LogP contribution is -2.03. The van der Waals surface area contributed by atoms with Gasteiger partial charge in [-0.05, 0) is 43.8 Å². The first-order valence-corrected chi connectivity index (χ1v) is 10.4. The van der Waals surface area contributed by atoms with Gasteiger partial charge in [-0.3, -0.25) is 0 Å². The van der Waals surface area contributed by atoms with E-state index in [4.69, 9.17) is 0 Å². The van der Waals surface area contributed by atoms with E-state index in [1.54, 1.807) is 0 Å². The van der Waals surface area contributed by atoms with Crippen LogP contribution in [0.1, 0.15) is 32.8 Å². The maximum absolute atomic E-state index is 2.37. The van der Waals surface area contributed by atoms with Crippen LogP contribution >= 0.6 is 11.8 Å². The fourth-order valence-electron chi connectivity index (χ4n) is 4.54. The summed E-state index contributed by atoms with van der Waals surface area (Å²) in [6.45, 7) is 0. The molecule has 0 amide bonds. The van der Waals surface area contributed by atoms with Crippen molar-refractivity contribution in [3.8, 4) is 0 Å². The fourth-order valence-corrected chi connectivity index (χ4v) is 5.88. The van der Waals surface area contributed by atoms with Crippen molar-refractivity contribution in [2.24, 2.45) is 0 Å². The molecule has 2 aliphatic carbocycles. The highest BCUT2D eigenvalue weighted by molar-refractivity contribution is 8.00. The Labute approximate surface area is 163 Å². The molecular formula is C26H18S. The van der Waals surface area contributed by atoms with Crippen LogP contribution in [0.2, 0.25) is 0 Å². The van der Waals surface area contributed by atoms with Crippen molar-refractivity contribution in [2.75, 3.05) is 0 Å². The molecule has 0 radical (unpaired) electrons. The van der Waals surface area contributed by atoms with E-state index in [1.807, 2.05) is 11.8 Å². The van der Waals surface area contributed by atoms with E-state index in [9.17, 15) is 0 Å². The number of benzene rings is 4. The van der Waals surface area contributed by atoms with Gasteiger partial charge in [-0.1, -0.05) is 97.1 Å². The summed E-state index contributed by atoms with van der Waals surface area (Å²) < 4.78 is 0. The fraction of sp³-hybridized carbons (Fsp3) is 0.0769. The first kappa shape index (κ1) is 15.3. The summed E-state index contributed by atoms with van der Waals surface area (Å²) in [5, 5.41) is 6.26. The lowest BCUT2D eigenvalue weighted by Gasteiger charge is -2.27. The Morgan fingerprint density at radius 1 is 0.519 bits per heavy atom. The predicted octanol–water partition coefficient (Wildman–Crippen LogP) is 7.56. The molecule has 0 N–H and O–H groups in total. The summed E-state index contributed by atoms with van der Waals surface area (Å²) in [7, 11) is 0. The van der Waals surface area contributed by atoms with Crippen LogP contribution in [-0.4, -0.2) is 0 Å². The van der Waals surface area contributed by atoms with Crippen LogP contribution in [-0.2, 0) is 0 Å². The summed E-state index contributed by atoms with van der Waals surface area (Å²) in [6.07, 6.45) is 9.34. The first-order valence-electron chi connectivity index (χ1n) is 9.44. The highest BCUT2D eigenvalue weighted by Gasteiger charge is 2.24. The molecule has 2 atom stereocenters. The monoisotopic (exact) mass is 362 g/mol. The summed E-state index contributed by atoms with van der Waals surface area (Å²) in [5.41, 5.74) is 5.56. The van der Waals surface area contributed by atoms with Gasteiger partial charge < -0.3 is 0 Å². The smallest absolute Gasteiger partial charge is 0.0496 e. The van der Waals surface area contributed by atoms with Gasteiger partial charge in [-0.25, -0.2) is 0 Å².